The third-order valence-electron chi connectivity index (χ3n) is 3.33. The zero-order valence-corrected chi connectivity index (χ0v) is 10.2. The normalized spacial score (nSPS) is 28.5. The number of hydrogen-bond donors (Lipinski definition) is 4. The standard InChI is InChI=1S/C10H21N7/c1-2-17-5-3-4-7(17)6-10(13)15-8(11)14-9(12)16-10/h7H,2-6,13H2,1H3,(H5,11,12,14,15,16). The summed E-state index contributed by atoms with van der Waals surface area (Å²) >= 11 is 0. The maximum Gasteiger partial charge on any atom is 0.211 e. The Morgan fingerprint density at radius 3 is 2.65 bits per heavy atom. The molecule has 1 unspecified atom stereocenters. The van der Waals surface area contributed by atoms with E-state index in [1.807, 2.05) is 0 Å². The van der Waals surface area contributed by atoms with Gasteiger partial charge in [0.25, 0.3) is 0 Å². The van der Waals surface area contributed by atoms with Crippen molar-refractivity contribution in [3.05, 3.63) is 0 Å². The number of nitrogens with zero attached hydrogens (tertiary/aromatic N) is 3. The van der Waals surface area contributed by atoms with Gasteiger partial charge >= 0.3 is 0 Å². The summed E-state index contributed by atoms with van der Waals surface area (Å²) in [5, 5.41) is 2.65. The quantitative estimate of drug-likeness (QED) is 0.488. The fourth-order valence-corrected chi connectivity index (χ4v) is 2.61. The summed E-state index contributed by atoms with van der Waals surface area (Å²) < 4.78 is 0. The number of aliphatic imine (C=N–C) groups is 2. The van der Waals surface area contributed by atoms with Crippen molar-refractivity contribution in [1.82, 2.24) is 10.2 Å². The number of likely N-dealkylation sites (tertiary alicyclic amines) is 1. The highest BCUT2D eigenvalue weighted by Crippen LogP contribution is 2.26. The number of nitrogens with one attached hydrogen (secondary N) is 1. The molecule has 1 saturated heterocycles. The van der Waals surface area contributed by atoms with E-state index in [1.54, 1.807) is 0 Å². The predicted octanol–water partition coefficient (Wildman–Crippen LogP) is -1.29. The molecule has 0 aromatic heterocycles. The monoisotopic (exact) mass is 239 g/mol. The van der Waals surface area contributed by atoms with Gasteiger partial charge in [-0.05, 0) is 25.9 Å². The first-order valence-electron chi connectivity index (χ1n) is 6.03. The van der Waals surface area contributed by atoms with Crippen LogP contribution >= 0.6 is 0 Å². The number of hydrogen-bond acceptors (Lipinski definition) is 7. The summed E-state index contributed by atoms with van der Waals surface area (Å²) in [4.78, 5) is 10.7. The Balaban J connectivity index is 2.09. The van der Waals surface area contributed by atoms with Gasteiger partial charge in [-0.2, -0.15) is 0 Å². The highest BCUT2D eigenvalue weighted by Gasteiger charge is 2.35. The second-order valence-electron chi connectivity index (χ2n) is 4.63. The van der Waals surface area contributed by atoms with Crippen molar-refractivity contribution in [3.63, 3.8) is 0 Å². The fourth-order valence-electron chi connectivity index (χ4n) is 2.61. The van der Waals surface area contributed by atoms with Crippen LogP contribution in [0.2, 0.25) is 0 Å². The Hall–Kier alpha value is -1.34. The molecule has 1 fully saturated rings. The lowest BCUT2D eigenvalue weighted by Gasteiger charge is -2.31. The van der Waals surface area contributed by atoms with Crippen LogP contribution in [0.5, 0.6) is 0 Å². The van der Waals surface area contributed by atoms with Gasteiger partial charge in [0, 0.05) is 12.5 Å². The van der Waals surface area contributed by atoms with E-state index in [4.69, 9.17) is 17.2 Å². The average molecular weight is 239 g/mol. The molecule has 7 heteroatoms. The van der Waals surface area contributed by atoms with Gasteiger partial charge in [-0.25, -0.2) is 9.98 Å². The fraction of sp³-hybridized carbons (Fsp3) is 0.800. The molecule has 2 rings (SSSR count). The smallest absolute Gasteiger partial charge is 0.211 e. The van der Waals surface area contributed by atoms with Crippen LogP contribution in [-0.4, -0.2) is 41.7 Å². The molecule has 0 aromatic carbocycles. The lowest BCUT2D eigenvalue weighted by atomic mass is 10.1. The highest BCUT2D eigenvalue weighted by atomic mass is 15.4. The second kappa shape index (κ2) is 4.50. The molecular formula is C10H21N7. The lowest BCUT2D eigenvalue weighted by molar-refractivity contribution is 0.217. The molecule has 0 radical (unpaired) electrons. The minimum Gasteiger partial charge on any atom is -0.370 e. The Kier molecular flexibility index (Phi) is 3.21. The van der Waals surface area contributed by atoms with Crippen molar-refractivity contribution in [2.75, 3.05) is 13.1 Å². The molecule has 0 saturated carbocycles. The molecule has 7 N–H and O–H groups in total. The number of guanidine groups is 2. The Labute approximate surface area is 101 Å². The summed E-state index contributed by atoms with van der Waals surface area (Å²) in [6.07, 6.45) is 2.99. The largest absolute Gasteiger partial charge is 0.370 e. The van der Waals surface area contributed by atoms with Gasteiger partial charge in [0.15, 0.2) is 11.9 Å². The number of rotatable bonds is 3. The minimum absolute atomic E-state index is 0.237. The lowest BCUT2D eigenvalue weighted by Crippen LogP contribution is -2.54. The molecule has 96 valence electrons. The zero-order chi connectivity index (χ0) is 12.5. The first-order chi connectivity index (χ1) is 8.02. The molecular weight excluding hydrogens is 218 g/mol. The average Bonchev–Trinajstić information content (AvgIpc) is 2.61. The van der Waals surface area contributed by atoms with E-state index >= 15 is 0 Å². The van der Waals surface area contributed by atoms with Gasteiger partial charge in [-0.15, -0.1) is 0 Å². The van der Waals surface area contributed by atoms with Gasteiger partial charge in [0.05, 0.1) is 0 Å². The Morgan fingerprint density at radius 1 is 1.41 bits per heavy atom. The topological polar surface area (TPSA) is 118 Å². The zero-order valence-electron chi connectivity index (χ0n) is 10.2. The van der Waals surface area contributed by atoms with Gasteiger partial charge in [0.1, 0.15) is 0 Å². The molecule has 1 atom stereocenters. The van der Waals surface area contributed by atoms with Crippen LogP contribution in [0.25, 0.3) is 0 Å². The SMILES string of the molecule is CCN1CCCC1CC1(N)N=C(N)NC(N)=N1. The van der Waals surface area contributed by atoms with Crippen molar-refractivity contribution in [2.45, 2.75) is 38.0 Å². The Morgan fingerprint density at radius 2 is 2.06 bits per heavy atom. The second-order valence-corrected chi connectivity index (χ2v) is 4.63. The van der Waals surface area contributed by atoms with E-state index in [1.165, 1.54) is 6.42 Å². The Bertz CT molecular complexity index is 331. The van der Waals surface area contributed by atoms with Crippen LogP contribution in [-0.2, 0) is 0 Å². The van der Waals surface area contributed by atoms with Crippen molar-refractivity contribution in [1.29, 1.82) is 0 Å². The summed E-state index contributed by atoms with van der Waals surface area (Å²) in [7, 11) is 0. The molecule has 0 spiro atoms. The van der Waals surface area contributed by atoms with E-state index in [-0.39, 0.29) is 11.9 Å². The molecule has 7 nitrogen and oxygen atoms in total. The van der Waals surface area contributed by atoms with E-state index < -0.39 is 5.79 Å². The van der Waals surface area contributed by atoms with Crippen molar-refractivity contribution < 1.29 is 0 Å². The van der Waals surface area contributed by atoms with Crippen LogP contribution in [0.15, 0.2) is 9.98 Å². The molecule has 0 amide bonds. The van der Waals surface area contributed by atoms with Gasteiger partial charge in [-0.3, -0.25) is 11.1 Å². The maximum atomic E-state index is 6.13. The van der Waals surface area contributed by atoms with Crippen LogP contribution < -0.4 is 22.5 Å². The summed E-state index contributed by atoms with van der Waals surface area (Å²) in [6.45, 7) is 4.30. The van der Waals surface area contributed by atoms with E-state index in [0.29, 0.717) is 12.5 Å². The molecule has 2 heterocycles. The van der Waals surface area contributed by atoms with E-state index in [9.17, 15) is 0 Å². The van der Waals surface area contributed by atoms with Gasteiger partial charge < -0.3 is 16.4 Å². The van der Waals surface area contributed by atoms with Crippen molar-refractivity contribution in [3.8, 4) is 0 Å². The van der Waals surface area contributed by atoms with Crippen LogP contribution in [0, 0.1) is 0 Å². The summed E-state index contributed by atoms with van der Waals surface area (Å²) in [6, 6.07) is 0.413. The molecule has 0 bridgehead atoms. The molecule has 0 aliphatic carbocycles. The number of nitrogens with two attached hydrogens (primary N) is 3. The third kappa shape index (κ3) is 2.67. The van der Waals surface area contributed by atoms with Crippen LogP contribution in [0.1, 0.15) is 26.2 Å². The van der Waals surface area contributed by atoms with Gasteiger partial charge in [-0.1, -0.05) is 6.92 Å². The third-order valence-corrected chi connectivity index (χ3v) is 3.33. The van der Waals surface area contributed by atoms with Crippen molar-refractivity contribution >= 4 is 11.9 Å². The summed E-state index contributed by atoms with van der Waals surface area (Å²) in [5.41, 5.74) is 17.4. The van der Waals surface area contributed by atoms with Crippen LogP contribution in [0.4, 0.5) is 0 Å². The van der Waals surface area contributed by atoms with Crippen LogP contribution in [0.3, 0.4) is 0 Å². The first kappa shape index (κ1) is 12.1. The minimum atomic E-state index is -1.01. The molecule has 17 heavy (non-hydrogen) atoms. The maximum absolute atomic E-state index is 6.13. The summed E-state index contributed by atoms with van der Waals surface area (Å²) in [5.74, 6) is -0.538. The highest BCUT2D eigenvalue weighted by molar-refractivity contribution is 5.98. The van der Waals surface area contributed by atoms with E-state index in [0.717, 1.165) is 19.5 Å². The molecule has 2 aliphatic heterocycles. The predicted molar refractivity (Wildman–Crippen MR) is 68.2 cm³/mol. The molecule has 2 aliphatic rings. The first-order valence-corrected chi connectivity index (χ1v) is 6.03. The van der Waals surface area contributed by atoms with Gasteiger partial charge in [0.2, 0.25) is 5.79 Å². The van der Waals surface area contributed by atoms with E-state index in [2.05, 4.69) is 27.1 Å². The molecule has 0 aromatic rings. The van der Waals surface area contributed by atoms with Crippen molar-refractivity contribution in [2.24, 2.45) is 27.2 Å².